The van der Waals surface area contributed by atoms with Crippen LogP contribution in [-0.2, 0) is 4.74 Å². The van der Waals surface area contributed by atoms with Crippen LogP contribution in [0.2, 0.25) is 0 Å². The highest BCUT2D eigenvalue weighted by molar-refractivity contribution is 5.46. The number of hydrogen-bond acceptors (Lipinski definition) is 5. The average molecular weight is 331 g/mol. The Labute approximate surface area is 139 Å². The van der Waals surface area contributed by atoms with Gasteiger partial charge in [0.1, 0.15) is 24.3 Å². The van der Waals surface area contributed by atoms with Gasteiger partial charge in [0.2, 0.25) is 6.79 Å². The second-order valence-corrected chi connectivity index (χ2v) is 5.78. The molecule has 4 rings (SSSR count). The minimum Gasteiger partial charge on any atom is -0.487 e. The summed E-state index contributed by atoms with van der Waals surface area (Å²) in [6.45, 7) is 2.01. The molecule has 2 aliphatic rings. The molecule has 1 saturated heterocycles. The SMILES string of the molecule is Fc1ccc([C@@H]2CNC[C@H](COc3ccc4cc3OCO4)O2)cc1. The van der Waals surface area contributed by atoms with Gasteiger partial charge in [-0.25, -0.2) is 4.39 Å². The Balaban J connectivity index is 1.37. The van der Waals surface area contributed by atoms with Crippen LogP contribution >= 0.6 is 0 Å². The van der Waals surface area contributed by atoms with Gasteiger partial charge in [0, 0.05) is 19.2 Å². The quantitative estimate of drug-likeness (QED) is 0.933. The summed E-state index contributed by atoms with van der Waals surface area (Å²) in [6, 6.07) is 11.9. The second-order valence-electron chi connectivity index (χ2n) is 5.78. The molecule has 0 aliphatic carbocycles. The van der Waals surface area contributed by atoms with E-state index in [0.29, 0.717) is 31.2 Å². The number of ether oxygens (including phenoxy) is 4. The minimum atomic E-state index is -0.246. The Morgan fingerprint density at radius 1 is 1.08 bits per heavy atom. The molecule has 5 nitrogen and oxygen atoms in total. The molecule has 2 aromatic rings. The molecule has 2 bridgehead atoms. The van der Waals surface area contributed by atoms with Gasteiger partial charge in [-0.2, -0.15) is 0 Å². The van der Waals surface area contributed by atoms with Crippen molar-refractivity contribution in [3.63, 3.8) is 0 Å². The number of fused-ring (bicyclic) bond motifs is 2. The lowest BCUT2D eigenvalue weighted by atomic mass is 10.1. The van der Waals surface area contributed by atoms with Gasteiger partial charge >= 0.3 is 0 Å². The summed E-state index contributed by atoms with van der Waals surface area (Å²) in [5, 5.41) is 3.33. The zero-order chi connectivity index (χ0) is 16.4. The van der Waals surface area contributed by atoms with Crippen LogP contribution in [0.1, 0.15) is 11.7 Å². The average Bonchev–Trinajstić information content (AvgIpc) is 2.62. The van der Waals surface area contributed by atoms with Crippen molar-refractivity contribution >= 4 is 0 Å². The van der Waals surface area contributed by atoms with E-state index in [1.165, 1.54) is 12.1 Å². The number of benzene rings is 2. The van der Waals surface area contributed by atoms with Crippen LogP contribution in [0.4, 0.5) is 4.39 Å². The van der Waals surface area contributed by atoms with Crippen LogP contribution in [0, 0.1) is 5.82 Å². The molecule has 0 radical (unpaired) electrons. The fraction of sp³-hybridized carbons (Fsp3) is 0.333. The van der Waals surface area contributed by atoms with Crippen LogP contribution in [0.5, 0.6) is 17.2 Å². The molecule has 24 heavy (non-hydrogen) atoms. The van der Waals surface area contributed by atoms with Crippen molar-refractivity contribution in [2.45, 2.75) is 12.2 Å². The smallest absolute Gasteiger partial charge is 0.231 e. The highest BCUT2D eigenvalue weighted by atomic mass is 19.1. The molecule has 0 aromatic heterocycles. The maximum Gasteiger partial charge on any atom is 0.231 e. The fourth-order valence-corrected chi connectivity index (χ4v) is 2.83. The Morgan fingerprint density at radius 3 is 2.83 bits per heavy atom. The van der Waals surface area contributed by atoms with Crippen molar-refractivity contribution in [2.75, 3.05) is 26.5 Å². The van der Waals surface area contributed by atoms with Crippen LogP contribution in [-0.4, -0.2) is 32.6 Å². The number of nitrogens with one attached hydrogen (secondary N) is 1. The van der Waals surface area contributed by atoms with Crippen LogP contribution in [0.3, 0.4) is 0 Å². The van der Waals surface area contributed by atoms with Gasteiger partial charge in [-0.15, -0.1) is 0 Å². The normalized spacial score (nSPS) is 22.4. The van der Waals surface area contributed by atoms with E-state index in [0.717, 1.165) is 11.3 Å². The molecule has 1 N–H and O–H groups in total. The van der Waals surface area contributed by atoms with Crippen molar-refractivity contribution in [3.05, 3.63) is 53.8 Å². The lowest BCUT2D eigenvalue weighted by molar-refractivity contribution is -0.0580. The van der Waals surface area contributed by atoms with Gasteiger partial charge in [0.15, 0.2) is 11.5 Å². The predicted molar refractivity (Wildman–Crippen MR) is 84.9 cm³/mol. The highest BCUT2D eigenvalue weighted by Crippen LogP contribution is 2.34. The van der Waals surface area contributed by atoms with Gasteiger partial charge in [-0.1, -0.05) is 12.1 Å². The topological polar surface area (TPSA) is 49.0 Å². The molecule has 0 spiro atoms. The van der Waals surface area contributed by atoms with Crippen molar-refractivity contribution < 1.29 is 23.3 Å². The summed E-state index contributed by atoms with van der Waals surface area (Å²) in [5.41, 5.74) is 0.952. The van der Waals surface area contributed by atoms with E-state index in [4.69, 9.17) is 18.9 Å². The summed E-state index contributed by atoms with van der Waals surface area (Å²) in [6.07, 6.45) is -0.209. The van der Waals surface area contributed by atoms with E-state index in [1.807, 2.05) is 12.1 Å². The minimum absolute atomic E-state index is 0.0967. The molecular formula is C18H18FNO4. The fourth-order valence-electron chi connectivity index (χ4n) is 2.83. The monoisotopic (exact) mass is 331 g/mol. The molecule has 0 saturated carbocycles. The maximum atomic E-state index is 13.0. The van der Waals surface area contributed by atoms with Crippen molar-refractivity contribution in [1.29, 1.82) is 0 Å². The van der Waals surface area contributed by atoms with Crippen molar-refractivity contribution in [2.24, 2.45) is 0 Å². The van der Waals surface area contributed by atoms with E-state index in [9.17, 15) is 4.39 Å². The maximum absolute atomic E-state index is 13.0. The lowest BCUT2D eigenvalue weighted by Gasteiger charge is -2.31. The van der Waals surface area contributed by atoms with Crippen molar-refractivity contribution in [1.82, 2.24) is 5.32 Å². The molecule has 1 fully saturated rings. The molecule has 2 atom stereocenters. The van der Waals surface area contributed by atoms with Gasteiger partial charge in [0.05, 0.1) is 6.10 Å². The zero-order valence-electron chi connectivity index (χ0n) is 13.0. The standard InChI is InChI=1S/C18H18FNO4/c19-13-3-1-12(2-4-13)18-9-20-8-15(24-18)10-21-16-6-5-14-7-17(16)23-11-22-14/h1-7,15,18,20H,8-11H2/t15-,18+/m1/s1. The van der Waals surface area contributed by atoms with E-state index in [2.05, 4.69) is 5.32 Å². The summed E-state index contributed by atoms with van der Waals surface area (Å²) >= 11 is 0. The van der Waals surface area contributed by atoms with Crippen LogP contribution < -0.4 is 19.5 Å². The van der Waals surface area contributed by atoms with Gasteiger partial charge in [-0.3, -0.25) is 0 Å². The first-order valence-corrected chi connectivity index (χ1v) is 7.92. The molecule has 2 aliphatic heterocycles. The Kier molecular flexibility index (Phi) is 4.23. The van der Waals surface area contributed by atoms with Crippen LogP contribution in [0.15, 0.2) is 42.5 Å². The van der Waals surface area contributed by atoms with Gasteiger partial charge < -0.3 is 24.3 Å². The summed E-state index contributed by atoms with van der Waals surface area (Å²) in [5.74, 6) is 1.88. The van der Waals surface area contributed by atoms with E-state index < -0.39 is 0 Å². The Morgan fingerprint density at radius 2 is 1.96 bits per heavy atom. The predicted octanol–water partition coefficient (Wildman–Crippen LogP) is 2.66. The highest BCUT2D eigenvalue weighted by Gasteiger charge is 2.24. The van der Waals surface area contributed by atoms with E-state index in [1.54, 1.807) is 18.2 Å². The number of halogens is 1. The summed E-state index contributed by atoms with van der Waals surface area (Å²) in [7, 11) is 0. The van der Waals surface area contributed by atoms with Crippen molar-refractivity contribution in [3.8, 4) is 17.2 Å². The molecule has 0 unspecified atom stereocenters. The number of morpholine rings is 1. The molecule has 126 valence electrons. The second kappa shape index (κ2) is 6.67. The molecule has 0 amide bonds. The summed E-state index contributed by atoms with van der Waals surface area (Å²) in [4.78, 5) is 0. The molecular weight excluding hydrogens is 313 g/mol. The number of rotatable bonds is 4. The zero-order valence-corrected chi connectivity index (χ0v) is 13.0. The Hall–Kier alpha value is -2.31. The van der Waals surface area contributed by atoms with E-state index >= 15 is 0 Å². The summed E-state index contributed by atoms with van der Waals surface area (Å²) < 4.78 is 35.7. The third-order valence-electron chi connectivity index (χ3n) is 4.08. The van der Waals surface area contributed by atoms with Crippen LogP contribution in [0.25, 0.3) is 0 Å². The molecule has 2 aromatic carbocycles. The first kappa shape index (κ1) is 15.2. The number of hydrogen-bond donors (Lipinski definition) is 1. The third kappa shape index (κ3) is 3.29. The first-order valence-electron chi connectivity index (χ1n) is 7.92. The Bertz CT molecular complexity index is 707. The molecule has 6 heteroatoms. The largest absolute Gasteiger partial charge is 0.487 e. The molecule has 2 heterocycles. The van der Waals surface area contributed by atoms with Gasteiger partial charge in [0.25, 0.3) is 0 Å². The van der Waals surface area contributed by atoms with Gasteiger partial charge in [-0.05, 0) is 29.8 Å². The third-order valence-corrected chi connectivity index (χ3v) is 4.08. The lowest BCUT2D eigenvalue weighted by Crippen LogP contribution is -2.43. The first-order chi connectivity index (χ1) is 11.8. The van der Waals surface area contributed by atoms with E-state index in [-0.39, 0.29) is 24.8 Å².